The Labute approximate surface area is 114 Å². The van der Waals surface area contributed by atoms with Gasteiger partial charge in [0, 0.05) is 17.1 Å². The lowest BCUT2D eigenvalue weighted by molar-refractivity contribution is -0.386. The molecule has 0 saturated heterocycles. The number of rotatable bonds is 5. The van der Waals surface area contributed by atoms with Crippen LogP contribution in [0.2, 0.25) is 5.02 Å². The fourth-order valence-electron chi connectivity index (χ4n) is 1.52. The van der Waals surface area contributed by atoms with Gasteiger partial charge < -0.3 is 10.1 Å². The minimum absolute atomic E-state index is 0.0350. The Bertz CT molecular complexity index is 516. The van der Waals surface area contributed by atoms with E-state index in [0.717, 1.165) is 12.8 Å². The van der Waals surface area contributed by atoms with Crippen molar-refractivity contribution in [2.24, 2.45) is 0 Å². The second-order valence-corrected chi connectivity index (χ2v) is 4.85. The SMILES string of the molecule is C[C@H](Oc1ccc(Cl)cc1[N+](=O)[O-])C(=O)NC1CC1. The molecule has 1 aromatic rings. The molecule has 102 valence electrons. The lowest BCUT2D eigenvalue weighted by Crippen LogP contribution is -2.37. The van der Waals surface area contributed by atoms with E-state index < -0.39 is 11.0 Å². The summed E-state index contributed by atoms with van der Waals surface area (Å²) in [6.45, 7) is 1.55. The maximum absolute atomic E-state index is 11.7. The quantitative estimate of drug-likeness (QED) is 0.664. The summed E-state index contributed by atoms with van der Waals surface area (Å²) in [6, 6.07) is 4.29. The summed E-state index contributed by atoms with van der Waals surface area (Å²) in [5.74, 6) is -0.236. The topological polar surface area (TPSA) is 81.5 Å². The van der Waals surface area contributed by atoms with Gasteiger partial charge in [0.2, 0.25) is 0 Å². The van der Waals surface area contributed by atoms with Crippen LogP contribution in [0.5, 0.6) is 5.75 Å². The molecule has 1 saturated carbocycles. The van der Waals surface area contributed by atoms with Crippen molar-refractivity contribution in [1.29, 1.82) is 0 Å². The lowest BCUT2D eigenvalue weighted by Gasteiger charge is -2.14. The third-order valence-electron chi connectivity index (χ3n) is 2.71. The predicted molar refractivity (Wildman–Crippen MR) is 69.4 cm³/mol. The molecular formula is C12H13ClN2O4. The van der Waals surface area contributed by atoms with Gasteiger partial charge in [-0.15, -0.1) is 0 Å². The van der Waals surface area contributed by atoms with Gasteiger partial charge in [-0.3, -0.25) is 14.9 Å². The molecule has 0 radical (unpaired) electrons. The maximum Gasteiger partial charge on any atom is 0.312 e. The van der Waals surface area contributed by atoms with E-state index in [4.69, 9.17) is 16.3 Å². The van der Waals surface area contributed by atoms with Gasteiger partial charge in [-0.05, 0) is 31.9 Å². The zero-order chi connectivity index (χ0) is 14.0. The van der Waals surface area contributed by atoms with Gasteiger partial charge in [-0.1, -0.05) is 11.6 Å². The Hall–Kier alpha value is -1.82. The van der Waals surface area contributed by atoms with Crippen LogP contribution >= 0.6 is 11.6 Å². The van der Waals surface area contributed by atoms with Crippen molar-refractivity contribution in [1.82, 2.24) is 5.32 Å². The zero-order valence-electron chi connectivity index (χ0n) is 10.3. The van der Waals surface area contributed by atoms with Crippen molar-refractivity contribution < 1.29 is 14.5 Å². The number of nitrogens with zero attached hydrogens (tertiary/aromatic N) is 1. The van der Waals surface area contributed by atoms with Gasteiger partial charge in [0.15, 0.2) is 11.9 Å². The maximum atomic E-state index is 11.7. The lowest BCUT2D eigenvalue weighted by atomic mass is 10.3. The van der Waals surface area contributed by atoms with E-state index in [1.165, 1.54) is 18.2 Å². The molecule has 1 N–H and O–H groups in total. The number of nitrogens with one attached hydrogen (secondary N) is 1. The van der Waals surface area contributed by atoms with Gasteiger partial charge in [0.1, 0.15) is 0 Å². The molecule has 0 unspecified atom stereocenters. The summed E-state index contributed by atoms with van der Waals surface area (Å²) < 4.78 is 5.34. The predicted octanol–water partition coefficient (Wildman–Crippen LogP) is 2.29. The summed E-state index contributed by atoms with van der Waals surface area (Å²) in [4.78, 5) is 22.0. The van der Waals surface area contributed by atoms with Crippen LogP contribution in [0.15, 0.2) is 18.2 Å². The first-order valence-corrected chi connectivity index (χ1v) is 6.26. The monoisotopic (exact) mass is 284 g/mol. The van der Waals surface area contributed by atoms with Gasteiger partial charge >= 0.3 is 5.69 Å². The first-order valence-electron chi connectivity index (χ1n) is 5.88. The van der Waals surface area contributed by atoms with Crippen molar-refractivity contribution in [3.8, 4) is 5.75 Å². The molecule has 1 amide bonds. The summed E-state index contributed by atoms with van der Waals surface area (Å²) in [7, 11) is 0. The second kappa shape index (κ2) is 5.44. The van der Waals surface area contributed by atoms with E-state index in [9.17, 15) is 14.9 Å². The summed E-state index contributed by atoms with van der Waals surface area (Å²) in [5.41, 5.74) is -0.251. The molecule has 1 atom stereocenters. The van der Waals surface area contributed by atoms with E-state index in [1.54, 1.807) is 6.92 Å². The number of hydrogen-bond donors (Lipinski definition) is 1. The number of nitro groups is 1. The molecule has 2 rings (SSSR count). The van der Waals surface area contributed by atoms with Crippen molar-refractivity contribution in [2.75, 3.05) is 0 Å². The van der Waals surface area contributed by atoms with Crippen molar-refractivity contribution in [3.63, 3.8) is 0 Å². The molecule has 1 aliphatic carbocycles. The first-order chi connectivity index (χ1) is 8.97. The average Bonchev–Trinajstić information content (AvgIpc) is 3.14. The van der Waals surface area contributed by atoms with E-state index in [1.807, 2.05) is 0 Å². The third-order valence-corrected chi connectivity index (χ3v) is 2.95. The van der Waals surface area contributed by atoms with E-state index in [-0.39, 0.29) is 28.4 Å². The Morgan fingerprint density at radius 1 is 1.58 bits per heavy atom. The molecule has 0 bridgehead atoms. The Balaban J connectivity index is 2.08. The van der Waals surface area contributed by atoms with Crippen molar-refractivity contribution in [3.05, 3.63) is 33.3 Å². The second-order valence-electron chi connectivity index (χ2n) is 4.41. The first kappa shape index (κ1) is 13.6. The van der Waals surface area contributed by atoms with Gasteiger partial charge in [-0.2, -0.15) is 0 Å². The number of carbonyl (C=O) groups is 1. The van der Waals surface area contributed by atoms with Gasteiger partial charge in [-0.25, -0.2) is 0 Å². The largest absolute Gasteiger partial charge is 0.474 e. The van der Waals surface area contributed by atoms with Crippen LogP contribution < -0.4 is 10.1 Å². The average molecular weight is 285 g/mol. The third kappa shape index (κ3) is 3.57. The standard InChI is InChI=1S/C12H13ClN2O4/c1-7(12(16)14-9-3-4-9)19-11-5-2-8(13)6-10(11)15(17)18/h2,5-7,9H,3-4H2,1H3,(H,14,16)/t7-/m0/s1. The molecule has 1 fully saturated rings. The number of nitro benzene ring substituents is 1. The highest BCUT2D eigenvalue weighted by molar-refractivity contribution is 6.30. The zero-order valence-corrected chi connectivity index (χ0v) is 11.0. The van der Waals surface area contributed by atoms with Gasteiger partial charge in [0.05, 0.1) is 4.92 Å². The van der Waals surface area contributed by atoms with Crippen LogP contribution in [0, 0.1) is 10.1 Å². The van der Waals surface area contributed by atoms with Crippen LogP contribution in [0.1, 0.15) is 19.8 Å². The van der Waals surface area contributed by atoms with Crippen LogP contribution in [-0.4, -0.2) is 23.0 Å². The summed E-state index contributed by atoms with van der Waals surface area (Å²) >= 11 is 5.70. The van der Waals surface area contributed by atoms with Crippen molar-refractivity contribution in [2.45, 2.75) is 31.9 Å². The van der Waals surface area contributed by atoms with Crippen LogP contribution in [0.3, 0.4) is 0 Å². The molecule has 1 aliphatic rings. The minimum atomic E-state index is -0.791. The fourth-order valence-corrected chi connectivity index (χ4v) is 1.69. The van der Waals surface area contributed by atoms with E-state index >= 15 is 0 Å². The molecule has 0 heterocycles. The fraction of sp³-hybridized carbons (Fsp3) is 0.417. The molecule has 0 aliphatic heterocycles. The van der Waals surface area contributed by atoms with Gasteiger partial charge in [0.25, 0.3) is 5.91 Å². The molecular weight excluding hydrogens is 272 g/mol. The number of hydrogen-bond acceptors (Lipinski definition) is 4. The Kier molecular flexibility index (Phi) is 3.90. The number of amides is 1. The Morgan fingerprint density at radius 2 is 2.26 bits per heavy atom. The molecule has 0 spiro atoms. The molecule has 6 nitrogen and oxygen atoms in total. The normalized spacial score (nSPS) is 15.7. The highest BCUT2D eigenvalue weighted by atomic mass is 35.5. The Morgan fingerprint density at radius 3 is 2.84 bits per heavy atom. The van der Waals surface area contributed by atoms with Crippen LogP contribution in [-0.2, 0) is 4.79 Å². The smallest absolute Gasteiger partial charge is 0.312 e. The molecule has 1 aromatic carbocycles. The highest BCUT2D eigenvalue weighted by Crippen LogP contribution is 2.30. The number of carbonyl (C=O) groups excluding carboxylic acids is 1. The molecule has 0 aromatic heterocycles. The highest BCUT2D eigenvalue weighted by Gasteiger charge is 2.27. The van der Waals surface area contributed by atoms with E-state index in [2.05, 4.69) is 5.32 Å². The molecule has 19 heavy (non-hydrogen) atoms. The van der Waals surface area contributed by atoms with Crippen LogP contribution in [0.4, 0.5) is 5.69 Å². The number of halogens is 1. The summed E-state index contributed by atoms with van der Waals surface area (Å²) in [6.07, 6.45) is 1.15. The minimum Gasteiger partial charge on any atom is -0.474 e. The van der Waals surface area contributed by atoms with Crippen molar-refractivity contribution >= 4 is 23.2 Å². The summed E-state index contributed by atoms with van der Waals surface area (Å²) in [5, 5.41) is 13.9. The van der Waals surface area contributed by atoms with E-state index in [0.29, 0.717) is 0 Å². The van der Waals surface area contributed by atoms with Crippen LogP contribution in [0.25, 0.3) is 0 Å². The molecule has 7 heteroatoms. The number of ether oxygens (including phenoxy) is 1. The number of benzene rings is 1.